The molecule has 0 heterocycles. The Morgan fingerprint density at radius 2 is 1.02 bits per heavy atom. The van der Waals surface area contributed by atoms with Crippen LogP contribution in [0.4, 0.5) is 45.5 Å². The van der Waals surface area contributed by atoms with Crippen molar-refractivity contribution >= 4 is 57.3 Å². The van der Waals surface area contributed by atoms with Crippen LogP contribution < -0.4 is 21.3 Å². The quantitative estimate of drug-likeness (QED) is 0.0656. The van der Waals surface area contributed by atoms with Crippen molar-refractivity contribution < 1.29 is 29.6 Å². The van der Waals surface area contributed by atoms with E-state index in [-0.39, 0.29) is 60.1 Å². The molecule has 0 saturated carbocycles. The molecule has 15 heteroatoms. The first-order valence-corrected chi connectivity index (χ1v) is 14.9. The second kappa shape index (κ2) is 17.1. The molecule has 0 fully saturated rings. The highest BCUT2D eigenvalue weighted by molar-refractivity contribution is 5.93. The van der Waals surface area contributed by atoms with E-state index in [4.69, 9.17) is 0 Å². The smallest absolute Gasteiger partial charge is 0.294 e. The molecule has 6 N–H and O–H groups in total. The third-order valence-corrected chi connectivity index (χ3v) is 7.25. The number of hydrogen-bond acceptors (Lipinski definition) is 11. The minimum absolute atomic E-state index is 0.0476. The van der Waals surface area contributed by atoms with Gasteiger partial charge >= 0.3 is 0 Å². The standard InChI is InChI=1S/C33H35N7O8/c41-21-27(22-42)38(17-15-32(43)36-25-11-13-28(30(19-25)39(45)46)34-23-7-3-1-4-8-23)18-16-33(44)37-26-12-14-29(31(20-26)40(47)48)35-24-9-5-2-6-10-24/h1-14,19-20,27,34-35,41-42H,15-18,21-22H2,(H,36,43)(H,37,44). The molecular weight excluding hydrogens is 622 g/mol. The highest BCUT2D eigenvalue weighted by Crippen LogP contribution is 2.32. The van der Waals surface area contributed by atoms with Crippen LogP contribution >= 0.6 is 0 Å². The fourth-order valence-corrected chi connectivity index (χ4v) is 4.79. The lowest BCUT2D eigenvalue weighted by molar-refractivity contribution is -0.384. The number of nitro benzene ring substituents is 2. The summed E-state index contributed by atoms with van der Waals surface area (Å²) in [7, 11) is 0. The van der Waals surface area contributed by atoms with Gasteiger partial charge in [0.25, 0.3) is 11.4 Å². The lowest BCUT2D eigenvalue weighted by Crippen LogP contribution is -2.43. The van der Waals surface area contributed by atoms with Gasteiger partial charge < -0.3 is 31.5 Å². The molecule has 0 aromatic heterocycles. The average molecular weight is 658 g/mol. The van der Waals surface area contributed by atoms with E-state index in [0.717, 1.165) is 0 Å². The molecule has 0 aliphatic rings. The van der Waals surface area contributed by atoms with E-state index >= 15 is 0 Å². The summed E-state index contributed by atoms with van der Waals surface area (Å²) in [4.78, 5) is 49.5. The number of aliphatic hydroxyl groups is 2. The Bertz CT molecular complexity index is 1600. The van der Waals surface area contributed by atoms with Gasteiger partial charge in [0.05, 0.1) is 29.1 Å². The van der Waals surface area contributed by atoms with Crippen molar-refractivity contribution in [3.8, 4) is 0 Å². The fraction of sp³-hybridized carbons (Fsp3) is 0.212. The number of hydrogen-bond donors (Lipinski definition) is 6. The number of para-hydroxylation sites is 2. The van der Waals surface area contributed by atoms with Crippen molar-refractivity contribution in [3.05, 3.63) is 117 Å². The van der Waals surface area contributed by atoms with Crippen molar-refractivity contribution in [1.29, 1.82) is 0 Å². The van der Waals surface area contributed by atoms with Crippen LogP contribution in [0.1, 0.15) is 12.8 Å². The summed E-state index contributed by atoms with van der Waals surface area (Å²) in [5.74, 6) is -0.956. The van der Waals surface area contributed by atoms with E-state index in [1.807, 2.05) is 12.1 Å². The second-order valence-electron chi connectivity index (χ2n) is 10.6. The summed E-state index contributed by atoms with van der Waals surface area (Å²) in [6.07, 6.45) is -0.226. The third kappa shape index (κ3) is 10.1. The molecule has 250 valence electrons. The highest BCUT2D eigenvalue weighted by Gasteiger charge is 2.21. The predicted molar refractivity (Wildman–Crippen MR) is 182 cm³/mol. The Labute approximate surface area is 275 Å². The zero-order valence-corrected chi connectivity index (χ0v) is 25.7. The van der Waals surface area contributed by atoms with Crippen molar-refractivity contribution in [2.75, 3.05) is 47.6 Å². The lowest BCUT2D eigenvalue weighted by Gasteiger charge is -2.28. The third-order valence-electron chi connectivity index (χ3n) is 7.25. The van der Waals surface area contributed by atoms with E-state index in [1.165, 1.54) is 36.4 Å². The van der Waals surface area contributed by atoms with Crippen LogP contribution in [0.15, 0.2) is 97.1 Å². The molecule has 4 rings (SSSR count). The minimum atomic E-state index is -0.764. The van der Waals surface area contributed by atoms with Crippen molar-refractivity contribution in [1.82, 2.24) is 4.90 Å². The summed E-state index contributed by atoms with van der Waals surface area (Å²) in [6.45, 7) is -0.786. The molecule has 0 bridgehead atoms. The number of benzene rings is 4. The van der Waals surface area contributed by atoms with Gasteiger partial charge in [-0.2, -0.15) is 0 Å². The molecule has 2 amide bonds. The summed E-state index contributed by atoms with van der Waals surface area (Å²) in [5.41, 5.74) is 1.74. The Balaban J connectivity index is 1.34. The molecule has 0 spiro atoms. The predicted octanol–water partition coefficient (Wildman–Crippen LogP) is 5.00. The first kappa shape index (κ1) is 35.0. The van der Waals surface area contributed by atoms with Gasteiger partial charge in [0.2, 0.25) is 11.8 Å². The lowest BCUT2D eigenvalue weighted by atomic mass is 10.2. The number of anilines is 6. The molecule has 0 saturated heterocycles. The largest absolute Gasteiger partial charge is 0.395 e. The summed E-state index contributed by atoms with van der Waals surface area (Å²) >= 11 is 0. The van der Waals surface area contributed by atoms with Crippen molar-refractivity contribution in [3.63, 3.8) is 0 Å². The van der Waals surface area contributed by atoms with E-state index in [2.05, 4.69) is 21.3 Å². The molecule has 0 aliphatic heterocycles. The number of amides is 2. The molecule has 4 aromatic carbocycles. The van der Waals surface area contributed by atoms with Crippen LogP contribution in [0, 0.1) is 20.2 Å². The summed E-state index contributed by atoms with van der Waals surface area (Å²) < 4.78 is 0. The number of nitro groups is 2. The summed E-state index contributed by atoms with van der Waals surface area (Å²) in [6, 6.07) is 25.6. The number of aliphatic hydroxyl groups excluding tert-OH is 2. The van der Waals surface area contributed by atoms with Gasteiger partial charge in [0.1, 0.15) is 11.4 Å². The summed E-state index contributed by atoms with van der Waals surface area (Å²) in [5, 5.41) is 54.2. The molecule has 0 aliphatic carbocycles. The second-order valence-corrected chi connectivity index (χ2v) is 10.6. The molecule has 0 radical (unpaired) electrons. The zero-order valence-electron chi connectivity index (χ0n) is 25.7. The first-order chi connectivity index (χ1) is 23.2. The maximum absolute atomic E-state index is 12.8. The van der Waals surface area contributed by atoms with Crippen LogP contribution in [0.5, 0.6) is 0 Å². The SMILES string of the molecule is O=C(CCN(CCC(=O)Nc1ccc(Nc2ccccc2)c([N+](=O)[O-])c1)C(CO)CO)Nc1ccc(Nc2ccccc2)c([N+](=O)[O-])c1. The monoisotopic (exact) mass is 657 g/mol. The molecule has 4 aromatic rings. The number of rotatable bonds is 17. The number of nitrogens with one attached hydrogen (secondary N) is 4. The zero-order chi connectivity index (χ0) is 34.5. The van der Waals surface area contributed by atoms with Crippen LogP contribution in [-0.4, -0.2) is 69.1 Å². The molecule has 48 heavy (non-hydrogen) atoms. The van der Waals surface area contributed by atoms with Gasteiger partial charge in [-0.3, -0.25) is 34.7 Å². The number of nitrogens with zero attached hydrogens (tertiary/aromatic N) is 3. The van der Waals surface area contributed by atoms with Gasteiger partial charge in [0.15, 0.2) is 0 Å². The molecule has 15 nitrogen and oxygen atoms in total. The van der Waals surface area contributed by atoms with E-state index in [1.54, 1.807) is 53.4 Å². The van der Waals surface area contributed by atoms with E-state index < -0.39 is 40.9 Å². The minimum Gasteiger partial charge on any atom is -0.395 e. The van der Waals surface area contributed by atoms with Gasteiger partial charge in [-0.25, -0.2) is 0 Å². The fourth-order valence-electron chi connectivity index (χ4n) is 4.79. The Morgan fingerprint density at radius 1 is 0.625 bits per heavy atom. The van der Waals surface area contributed by atoms with Crippen LogP contribution in [-0.2, 0) is 9.59 Å². The number of carbonyl (C=O) groups is 2. The molecule has 0 unspecified atom stereocenters. The normalized spacial score (nSPS) is 10.8. The Kier molecular flexibility index (Phi) is 12.5. The first-order valence-electron chi connectivity index (χ1n) is 14.9. The van der Waals surface area contributed by atoms with Crippen molar-refractivity contribution in [2.45, 2.75) is 18.9 Å². The van der Waals surface area contributed by atoms with Crippen LogP contribution in [0.3, 0.4) is 0 Å². The maximum Gasteiger partial charge on any atom is 0.294 e. The highest BCUT2D eigenvalue weighted by atomic mass is 16.6. The van der Waals surface area contributed by atoms with Gasteiger partial charge in [-0.1, -0.05) is 36.4 Å². The average Bonchev–Trinajstić information content (AvgIpc) is 3.08. The van der Waals surface area contributed by atoms with Gasteiger partial charge in [-0.15, -0.1) is 0 Å². The van der Waals surface area contributed by atoms with Gasteiger partial charge in [0, 0.05) is 60.8 Å². The number of carbonyl (C=O) groups excluding carboxylic acids is 2. The maximum atomic E-state index is 12.8. The topological polar surface area (TPSA) is 212 Å². The molecule has 0 atom stereocenters. The van der Waals surface area contributed by atoms with Crippen LogP contribution in [0.25, 0.3) is 0 Å². The van der Waals surface area contributed by atoms with E-state index in [0.29, 0.717) is 11.4 Å². The van der Waals surface area contributed by atoms with Crippen molar-refractivity contribution in [2.24, 2.45) is 0 Å². The van der Waals surface area contributed by atoms with Crippen LogP contribution in [0.2, 0.25) is 0 Å². The Morgan fingerprint density at radius 3 is 1.38 bits per heavy atom. The Hall–Kier alpha value is -5.90. The van der Waals surface area contributed by atoms with E-state index in [9.17, 15) is 40.0 Å². The molecular formula is C33H35N7O8. The van der Waals surface area contributed by atoms with Gasteiger partial charge in [-0.05, 0) is 48.5 Å².